The van der Waals surface area contributed by atoms with Crippen molar-refractivity contribution in [2.45, 2.75) is 88.1 Å². The number of hydrogen-bond donors (Lipinski definition) is 2. The molecule has 0 saturated carbocycles. The highest BCUT2D eigenvalue weighted by Crippen LogP contribution is 2.49. The van der Waals surface area contributed by atoms with Crippen molar-refractivity contribution < 1.29 is 43.5 Å². The zero-order valence-electron chi connectivity index (χ0n) is 23.8. The lowest BCUT2D eigenvalue weighted by Gasteiger charge is -2.48. The molecular formula is C30H41NO9. The quantitative estimate of drug-likeness (QED) is 0.437. The number of ether oxygens (including phenoxy) is 5. The lowest BCUT2D eigenvalue weighted by atomic mass is 9.71. The van der Waals surface area contributed by atoms with Crippen LogP contribution in [0, 0.1) is 5.92 Å². The molecule has 0 aromatic heterocycles. The van der Waals surface area contributed by atoms with E-state index in [1.54, 1.807) is 21.0 Å². The van der Waals surface area contributed by atoms with Crippen molar-refractivity contribution in [2.75, 3.05) is 34.1 Å². The fourth-order valence-corrected chi connectivity index (χ4v) is 6.78. The first-order valence-electron chi connectivity index (χ1n) is 14.2. The Morgan fingerprint density at radius 1 is 1.10 bits per heavy atom. The largest absolute Gasteiger partial charge is 0.497 e. The predicted molar refractivity (Wildman–Crippen MR) is 144 cm³/mol. The lowest BCUT2D eigenvalue weighted by molar-refractivity contribution is -0.180. The maximum atomic E-state index is 13.8. The first-order chi connectivity index (χ1) is 19.0. The fraction of sp³-hybridized carbons (Fsp3) is 0.667. The molecular weight excluding hydrogens is 518 g/mol. The molecule has 40 heavy (non-hydrogen) atoms. The molecule has 10 nitrogen and oxygen atoms in total. The topological polar surface area (TPSA) is 124 Å². The second-order valence-corrected chi connectivity index (χ2v) is 12.1. The van der Waals surface area contributed by atoms with E-state index in [1.165, 1.54) is 7.11 Å². The van der Waals surface area contributed by atoms with Gasteiger partial charge >= 0.3 is 11.9 Å². The van der Waals surface area contributed by atoms with Crippen LogP contribution in [0.5, 0.6) is 11.5 Å². The average Bonchev–Trinajstić information content (AvgIpc) is 3.30. The van der Waals surface area contributed by atoms with Gasteiger partial charge in [-0.05, 0) is 94.2 Å². The van der Waals surface area contributed by atoms with Crippen molar-refractivity contribution in [1.29, 1.82) is 0 Å². The fourth-order valence-electron chi connectivity index (χ4n) is 6.78. The number of esters is 2. The molecule has 1 aromatic carbocycles. The number of carbonyl (C=O) groups is 2. The van der Waals surface area contributed by atoms with Gasteiger partial charge in [-0.25, -0.2) is 4.79 Å². The van der Waals surface area contributed by atoms with E-state index in [0.29, 0.717) is 30.1 Å². The number of piperidine rings is 1. The van der Waals surface area contributed by atoms with Crippen molar-refractivity contribution in [3.63, 3.8) is 0 Å². The second-order valence-electron chi connectivity index (χ2n) is 12.1. The molecule has 4 aliphatic rings. The van der Waals surface area contributed by atoms with Gasteiger partial charge in [0.25, 0.3) is 0 Å². The molecule has 1 aromatic rings. The summed E-state index contributed by atoms with van der Waals surface area (Å²) in [6.07, 6.45) is 4.13. The Labute approximate surface area is 235 Å². The van der Waals surface area contributed by atoms with E-state index in [2.05, 4.69) is 11.0 Å². The first-order valence-corrected chi connectivity index (χ1v) is 14.2. The molecule has 0 bridgehead atoms. The highest BCUT2D eigenvalue weighted by molar-refractivity contribution is 5.86. The van der Waals surface area contributed by atoms with Crippen LogP contribution in [0.1, 0.15) is 69.4 Å². The van der Waals surface area contributed by atoms with Gasteiger partial charge in [0.1, 0.15) is 5.76 Å². The number of methoxy groups -OCH3 is 2. The number of aliphatic hydroxyl groups is 2. The molecule has 1 saturated heterocycles. The number of hydrogen-bond acceptors (Lipinski definition) is 10. The maximum Gasteiger partial charge on any atom is 0.339 e. The Bertz CT molecular complexity index is 1160. The van der Waals surface area contributed by atoms with Crippen LogP contribution in [0.4, 0.5) is 0 Å². The van der Waals surface area contributed by atoms with Gasteiger partial charge in [-0.2, -0.15) is 0 Å². The third kappa shape index (κ3) is 5.66. The third-order valence-electron chi connectivity index (χ3n) is 8.75. The monoisotopic (exact) mass is 559 g/mol. The van der Waals surface area contributed by atoms with Gasteiger partial charge in [-0.15, -0.1) is 0 Å². The molecule has 0 radical (unpaired) electrons. The highest BCUT2D eigenvalue weighted by atomic mass is 16.7. The molecule has 0 amide bonds. The molecule has 2 N–H and O–H groups in total. The third-order valence-corrected chi connectivity index (χ3v) is 8.75. The van der Waals surface area contributed by atoms with E-state index in [9.17, 15) is 19.8 Å². The molecule has 220 valence electrons. The Morgan fingerprint density at radius 2 is 1.85 bits per heavy atom. The van der Waals surface area contributed by atoms with E-state index in [-0.39, 0.29) is 31.1 Å². The van der Waals surface area contributed by atoms with Crippen molar-refractivity contribution in [3.8, 4) is 11.5 Å². The van der Waals surface area contributed by atoms with Gasteiger partial charge in [-0.1, -0.05) is 0 Å². The van der Waals surface area contributed by atoms with Crippen LogP contribution in [0.25, 0.3) is 0 Å². The summed E-state index contributed by atoms with van der Waals surface area (Å²) in [4.78, 5) is 28.6. The van der Waals surface area contributed by atoms with Crippen LogP contribution in [-0.2, 0) is 30.2 Å². The second kappa shape index (κ2) is 11.2. The summed E-state index contributed by atoms with van der Waals surface area (Å²) < 4.78 is 28.2. The van der Waals surface area contributed by atoms with Gasteiger partial charge in [0, 0.05) is 18.5 Å². The van der Waals surface area contributed by atoms with Crippen molar-refractivity contribution in [2.24, 2.45) is 5.92 Å². The molecule has 5 atom stereocenters. The van der Waals surface area contributed by atoms with Crippen LogP contribution in [-0.4, -0.2) is 84.5 Å². The highest BCUT2D eigenvalue weighted by Gasteiger charge is 2.51. The molecule has 10 heteroatoms. The number of benzene rings is 1. The van der Waals surface area contributed by atoms with Crippen molar-refractivity contribution in [1.82, 2.24) is 4.90 Å². The molecule has 0 spiro atoms. The molecule has 5 rings (SSSR count). The minimum absolute atomic E-state index is 0.0657. The standard InChI is InChI=1S/C30H41NO9/c1-29(2,34)9-6-10-30(35,16-24(32)37-4)28(33)40-27-23(36-3)14-19-7-5-11-31-12-8-18-13-21-22(39-17-38-21)15-20(18)25(27)26(19)31/h13-15,19,25-27,34-35H,5-12,16-17H2,1-4H3/t19-,25+,26?,27-,30-/m1/s1. The summed E-state index contributed by atoms with van der Waals surface area (Å²) >= 11 is 0. The predicted octanol–water partition coefficient (Wildman–Crippen LogP) is 2.83. The van der Waals surface area contributed by atoms with E-state index < -0.39 is 35.7 Å². The van der Waals surface area contributed by atoms with E-state index >= 15 is 0 Å². The van der Waals surface area contributed by atoms with Crippen molar-refractivity contribution in [3.05, 3.63) is 35.1 Å². The number of nitrogens with zero attached hydrogens (tertiary/aromatic N) is 1. The lowest BCUT2D eigenvalue weighted by Crippen LogP contribution is -2.55. The summed E-state index contributed by atoms with van der Waals surface area (Å²) in [5.41, 5.74) is -0.984. The number of rotatable bonds is 9. The zero-order chi connectivity index (χ0) is 28.7. The van der Waals surface area contributed by atoms with Crippen LogP contribution >= 0.6 is 0 Å². The Morgan fingerprint density at radius 3 is 2.55 bits per heavy atom. The Balaban J connectivity index is 1.52. The molecule has 3 aliphatic heterocycles. The maximum absolute atomic E-state index is 13.8. The first kappa shape index (κ1) is 28.7. The molecule has 3 heterocycles. The van der Waals surface area contributed by atoms with Crippen LogP contribution in [0.3, 0.4) is 0 Å². The SMILES string of the molecule is COC(=O)C[C@](O)(CCCC(C)(C)O)C(=O)O[C@@H]1C(OC)=C[C@H]2CCCN3CCc4cc5c(cc4[C@H]1C23)OCO5. The van der Waals surface area contributed by atoms with Crippen LogP contribution in [0.15, 0.2) is 24.0 Å². The molecule has 1 fully saturated rings. The summed E-state index contributed by atoms with van der Waals surface area (Å²) in [5, 5.41) is 21.7. The van der Waals surface area contributed by atoms with Gasteiger partial charge in [-0.3, -0.25) is 9.69 Å². The number of carbonyl (C=O) groups excluding carboxylic acids is 2. The van der Waals surface area contributed by atoms with Crippen LogP contribution < -0.4 is 9.47 Å². The zero-order valence-corrected chi connectivity index (χ0v) is 23.8. The van der Waals surface area contributed by atoms with E-state index in [4.69, 9.17) is 23.7 Å². The van der Waals surface area contributed by atoms with E-state index in [1.807, 2.05) is 12.1 Å². The van der Waals surface area contributed by atoms with Gasteiger partial charge in [0.2, 0.25) is 6.79 Å². The minimum Gasteiger partial charge on any atom is -0.497 e. The summed E-state index contributed by atoms with van der Waals surface area (Å²) in [5.74, 6) is 0.201. The Hall–Kier alpha value is -2.82. The van der Waals surface area contributed by atoms with Crippen LogP contribution in [0.2, 0.25) is 0 Å². The van der Waals surface area contributed by atoms with E-state index in [0.717, 1.165) is 43.5 Å². The molecule has 1 unspecified atom stereocenters. The smallest absolute Gasteiger partial charge is 0.339 e. The van der Waals surface area contributed by atoms with Gasteiger partial charge < -0.3 is 33.9 Å². The average molecular weight is 560 g/mol. The van der Waals surface area contributed by atoms with Gasteiger partial charge in [0.05, 0.1) is 26.2 Å². The summed E-state index contributed by atoms with van der Waals surface area (Å²) in [6.45, 7) is 5.28. The minimum atomic E-state index is -2.12. The van der Waals surface area contributed by atoms with Gasteiger partial charge in [0.15, 0.2) is 23.2 Å². The van der Waals surface area contributed by atoms with Crippen molar-refractivity contribution >= 4 is 11.9 Å². The summed E-state index contributed by atoms with van der Waals surface area (Å²) in [7, 11) is 2.77. The Kier molecular flexibility index (Phi) is 8.05. The number of fused-ring (bicyclic) bond motifs is 3. The normalized spacial score (nSPS) is 26.9. The molecule has 1 aliphatic carbocycles. The summed E-state index contributed by atoms with van der Waals surface area (Å²) in [6, 6.07) is 4.09.